The minimum atomic E-state index is -0.321. The molecular formula is C22H24N2O3. The Morgan fingerprint density at radius 3 is 2.48 bits per heavy atom. The molecular weight excluding hydrogens is 340 g/mol. The Morgan fingerprint density at radius 1 is 1.04 bits per heavy atom. The van der Waals surface area contributed by atoms with E-state index < -0.39 is 0 Å². The summed E-state index contributed by atoms with van der Waals surface area (Å²) in [6.07, 6.45) is 1.64. The van der Waals surface area contributed by atoms with Gasteiger partial charge in [-0.2, -0.15) is 0 Å². The van der Waals surface area contributed by atoms with Crippen LogP contribution in [0.2, 0.25) is 0 Å². The molecule has 2 aromatic carbocycles. The second kappa shape index (κ2) is 7.74. The van der Waals surface area contributed by atoms with Crippen molar-refractivity contribution in [2.75, 3.05) is 11.9 Å². The van der Waals surface area contributed by atoms with Gasteiger partial charge in [-0.3, -0.25) is 19.3 Å². The second-order valence-electron chi connectivity index (χ2n) is 7.21. The minimum Gasteiger partial charge on any atom is -0.322 e. The van der Waals surface area contributed by atoms with Gasteiger partial charge < -0.3 is 5.32 Å². The summed E-state index contributed by atoms with van der Waals surface area (Å²) in [4.78, 5) is 38.9. The van der Waals surface area contributed by atoms with Crippen molar-refractivity contribution in [1.82, 2.24) is 4.90 Å². The molecule has 2 aromatic rings. The Kier molecular flexibility index (Phi) is 5.40. The van der Waals surface area contributed by atoms with E-state index in [0.717, 1.165) is 18.4 Å². The molecule has 3 rings (SSSR count). The molecule has 0 saturated carbocycles. The number of hydrogen-bond donors (Lipinski definition) is 1. The van der Waals surface area contributed by atoms with Crippen LogP contribution >= 0.6 is 0 Å². The molecule has 0 radical (unpaired) electrons. The fourth-order valence-corrected chi connectivity index (χ4v) is 3.09. The number of hydrogen-bond acceptors (Lipinski definition) is 3. The zero-order valence-corrected chi connectivity index (χ0v) is 15.9. The zero-order chi connectivity index (χ0) is 19.6. The molecule has 0 aliphatic carbocycles. The third-order valence-corrected chi connectivity index (χ3v) is 4.76. The standard InChI is InChI=1S/C22H24N2O3/c1-4-15-6-5-7-17(12-15)23-20(25)16-8-9-18-19(13-16)22(27)24(21(18)26)11-10-14(2)3/h5-9,12-14H,4,10-11H2,1-3H3,(H,23,25). The number of anilines is 1. The number of amides is 3. The van der Waals surface area contributed by atoms with Crippen molar-refractivity contribution in [2.45, 2.75) is 33.6 Å². The first-order chi connectivity index (χ1) is 12.9. The van der Waals surface area contributed by atoms with E-state index in [4.69, 9.17) is 0 Å². The molecule has 1 aliphatic heterocycles. The monoisotopic (exact) mass is 364 g/mol. The van der Waals surface area contributed by atoms with Crippen LogP contribution in [0, 0.1) is 5.92 Å². The zero-order valence-electron chi connectivity index (χ0n) is 15.9. The van der Waals surface area contributed by atoms with E-state index in [2.05, 4.69) is 12.2 Å². The Labute approximate surface area is 159 Å². The fourth-order valence-electron chi connectivity index (χ4n) is 3.09. The van der Waals surface area contributed by atoms with Crippen LogP contribution in [0.3, 0.4) is 0 Å². The van der Waals surface area contributed by atoms with Gasteiger partial charge in [-0.25, -0.2) is 0 Å². The average molecular weight is 364 g/mol. The van der Waals surface area contributed by atoms with Crippen molar-refractivity contribution in [3.63, 3.8) is 0 Å². The van der Waals surface area contributed by atoms with Gasteiger partial charge in [0.05, 0.1) is 11.1 Å². The summed E-state index contributed by atoms with van der Waals surface area (Å²) in [6.45, 7) is 6.55. The Bertz CT molecular complexity index is 902. The first kappa shape index (κ1) is 18.8. The molecule has 0 atom stereocenters. The summed E-state index contributed by atoms with van der Waals surface area (Å²) in [5.41, 5.74) is 2.87. The highest BCUT2D eigenvalue weighted by Crippen LogP contribution is 2.25. The number of aryl methyl sites for hydroxylation is 1. The van der Waals surface area contributed by atoms with E-state index in [1.807, 2.05) is 38.1 Å². The van der Waals surface area contributed by atoms with Gasteiger partial charge >= 0.3 is 0 Å². The fraction of sp³-hybridized carbons (Fsp3) is 0.318. The summed E-state index contributed by atoms with van der Waals surface area (Å²) < 4.78 is 0. The number of nitrogens with zero attached hydrogens (tertiary/aromatic N) is 1. The van der Waals surface area contributed by atoms with Crippen molar-refractivity contribution in [1.29, 1.82) is 0 Å². The van der Waals surface area contributed by atoms with Gasteiger partial charge in [-0.05, 0) is 54.7 Å². The number of fused-ring (bicyclic) bond motifs is 1. The number of carbonyl (C=O) groups excluding carboxylic acids is 3. The maximum atomic E-state index is 12.6. The van der Waals surface area contributed by atoms with Crippen LogP contribution in [0.25, 0.3) is 0 Å². The number of benzene rings is 2. The highest BCUT2D eigenvalue weighted by atomic mass is 16.2. The van der Waals surface area contributed by atoms with Crippen LogP contribution < -0.4 is 5.32 Å². The molecule has 1 heterocycles. The molecule has 3 amide bonds. The van der Waals surface area contributed by atoms with Crippen LogP contribution in [0.5, 0.6) is 0 Å². The Morgan fingerprint density at radius 2 is 1.78 bits per heavy atom. The topological polar surface area (TPSA) is 66.5 Å². The van der Waals surface area contributed by atoms with Crippen LogP contribution in [0.1, 0.15) is 63.8 Å². The lowest BCUT2D eigenvalue weighted by Gasteiger charge is -2.14. The highest BCUT2D eigenvalue weighted by molar-refractivity contribution is 6.22. The Hall–Kier alpha value is -2.95. The number of nitrogens with one attached hydrogen (secondary N) is 1. The van der Waals surface area contributed by atoms with Gasteiger partial charge in [0.25, 0.3) is 17.7 Å². The van der Waals surface area contributed by atoms with E-state index in [0.29, 0.717) is 34.8 Å². The number of carbonyl (C=O) groups is 3. The van der Waals surface area contributed by atoms with Gasteiger partial charge in [0, 0.05) is 17.8 Å². The summed E-state index contributed by atoms with van der Waals surface area (Å²) in [6, 6.07) is 12.3. The van der Waals surface area contributed by atoms with Crippen molar-refractivity contribution < 1.29 is 14.4 Å². The maximum Gasteiger partial charge on any atom is 0.261 e. The van der Waals surface area contributed by atoms with Crippen LogP contribution in [0.15, 0.2) is 42.5 Å². The maximum absolute atomic E-state index is 12.6. The molecule has 0 saturated heterocycles. The van der Waals surface area contributed by atoms with Crippen LogP contribution in [0.4, 0.5) is 5.69 Å². The van der Waals surface area contributed by atoms with Gasteiger partial charge in [0.15, 0.2) is 0 Å². The smallest absolute Gasteiger partial charge is 0.261 e. The molecule has 140 valence electrons. The largest absolute Gasteiger partial charge is 0.322 e. The summed E-state index contributed by atoms with van der Waals surface area (Å²) in [5.74, 6) is -0.502. The van der Waals surface area contributed by atoms with E-state index in [1.54, 1.807) is 12.1 Å². The van der Waals surface area contributed by atoms with Gasteiger partial charge in [-0.15, -0.1) is 0 Å². The lowest BCUT2D eigenvalue weighted by Crippen LogP contribution is -2.31. The highest BCUT2D eigenvalue weighted by Gasteiger charge is 2.35. The molecule has 0 spiro atoms. The minimum absolute atomic E-state index is 0.279. The summed E-state index contributed by atoms with van der Waals surface area (Å²) in [7, 11) is 0. The SMILES string of the molecule is CCc1cccc(NC(=O)c2ccc3c(c2)C(=O)N(CCC(C)C)C3=O)c1. The normalized spacial score (nSPS) is 13.3. The van der Waals surface area contributed by atoms with E-state index in [-0.39, 0.29) is 17.7 Å². The lowest BCUT2D eigenvalue weighted by molar-refractivity contribution is 0.0647. The molecule has 0 bridgehead atoms. The van der Waals surface area contributed by atoms with Gasteiger partial charge in [-0.1, -0.05) is 32.9 Å². The van der Waals surface area contributed by atoms with Crippen molar-refractivity contribution in [3.05, 3.63) is 64.7 Å². The predicted octanol–water partition coefficient (Wildman–Crippen LogP) is 4.14. The third kappa shape index (κ3) is 3.92. The Balaban J connectivity index is 1.79. The van der Waals surface area contributed by atoms with Crippen LogP contribution in [-0.4, -0.2) is 29.2 Å². The molecule has 0 aromatic heterocycles. The average Bonchev–Trinajstić information content (AvgIpc) is 2.90. The first-order valence-electron chi connectivity index (χ1n) is 9.31. The van der Waals surface area contributed by atoms with Gasteiger partial charge in [0.1, 0.15) is 0 Å². The van der Waals surface area contributed by atoms with E-state index in [9.17, 15) is 14.4 Å². The van der Waals surface area contributed by atoms with Gasteiger partial charge in [0.2, 0.25) is 0 Å². The van der Waals surface area contributed by atoms with E-state index in [1.165, 1.54) is 11.0 Å². The quantitative estimate of drug-likeness (QED) is 0.783. The number of imide groups is 1. The van der Waals surface area contributed by atoms with Crippen molar-refractivity contribution in [2.24, 2.45) is 5.92 Å². The van der Waals surface area contributed by atoms with Crippen molar-refractivity contribution in [3.8, 4) is 0 Å². The molecule has 1 aliphatic rings. The third-order valence-electron chi connectivity index (χ3n) is 4.76. The number of rotatable bonds is 6. The predicted molar refractivity (Wildman–Crippen MR) is 105 cm³/mol. The van der Waals surface area contributed by atoms with Crippen molar-refractivity contribution >= 4 is 23.4 Å². The molecule has 0 unspecified atom stereocenters. The lowest BCUT2D eigenvalue weighted by atomic mass is 10.1. The van der Waals surface area contributed by atoms with E-state index >= 15 is 0 Å². The van der Waals surface area contributed by atoms with Crippen LogP contribution in [-0.2, 0) is 6.42 Å². The summed E-state index contributed by atoms with van der Waals surface area (Å²) in [5, 5.41) is 2.85. The molecule has 27 heavy (non-hydrogen) atoms. The molecule has 5 nitrogen and oxygen atoms in total. The molecule has 0 fully saturated rings. The first-order valence-corrected chi connectivity index (χ1v) is 9.31. The molecule has 1 N–H and O–H groups in total. The second-order valence-corrected chi connectivity index (χ2v) is 7.21. The summed E-state index contributed by atoms with van der Waals surface area (Å²) >= 11 is 0. The molecule has 5 heteroatoms.